The molecule has 0 spiro atoms. The summed E-state index contributed by atoms with van der Waals surface area (Å²) >= 11 is 1.71. The van der Waals surface area contributed by atoms with Gasteiger partial charge in [0.2, 0.25) is 0 Å². The Labute approximate surface area is 115 Å². The van der Waals surface area contributed by atoms with Crippen molar-refractivity contribution in [2.45, 2.75) is 20.4 Å². The maximum Gasteiger partial charge on any atom is 0.337 e. The Bertz CT molecular complexity index is 600. The van der Waals surface area contributed by atoms with Gasteiger partial charge in [0, 0.05) is 22.0 Å². The van der Waals surface area contributed by atoms with Crippen LogP contribution in [0, 0.1) is 13.8 Å². The molecule has 0 aliphatic heterocycles. The lowest BCUT2D eigenvalue weighted by molar-refractivity contribution is 0.0698. The summed E-state index contributed by atoms with van der Waals surface area (Å²) < 4.78 is 0. The molecule has 0 atom stereocenters. The summed E-state index contributed by atoms with van der Waals surface area (Å²) in [4.78, 5) is 13.6. The van der Waals surface area contributed by atoms with Crippen LogP contribution in [0.3, 0.4) is 0 Å². The first-order valence-corrected chi connectivity index (χ1v) is 6.71. The number of benzene rings is 1. The van der Waals surface area contributed by atoms with Crippen LogP contribution in [0.2, 0.25) is 0 Å². The number of carbonyl (C=O) groups is 1. The summed E-state index contributed by atoms with van der Waals surface area (Å²) in [6, 6.07) is 6.87. The number of rotatable bonds is 4. The average Bonchev–Trinajstić information content (AvgIpc) is 2.66. The van der Waals surface area contributed by atoms with Gasteiger partial charge in [0.05, 0.1) is 11.3 Å². The van der Waals surface area contributed by atoms with Crippen molar-refractivity contribution in [2.24, 2.45) is 0 Å². The van der Waals surface area contributed by atoms with Crippen molar-refractivity contribution in [2.75, 3.05) is 11.1 Å². The first-order valence-electron chi connectivity index (χ1n) is 5.90. The van der Waals surface area contributed by atoms with Crippen molar-refractivity contribution in [3.8, 4) is 0 Å². The van der Waals surface area contributed by atoms with E-state index in [-0.39, 0.29) is 5.56 Å². The monoisotopic (exact) mass is 276 g/mol. The molecule has 4 N–H and O–H groups in total. The highest BCUT2D eigenvalue weighted by Crippen LogP contribution is 2.24. The molecule has 0 saturated carbocycles. The zero-order chi connectivity index (χ0) is 14.0. The summed E-state index contributed by atoms with van der Waals surface area (Å²) in [5.41, 5.74) is 8.29. The van der Waals surface area contributed by atoms with Crippen molar-refractivity contribution in [1.29, 1.82) is 0 Å². The molecule has 5 heteroatoms. The second kappa shape index (κ2) is 5.32. The predicted octanol–water partition coefficient (Wildman–Crippen LogP) is 3.26. The number of nitrogens with one attached hydrogen (secondary N) is 1. The number of aromatic carboxylic acids is 1. The molecule has 0 aliphatic carbocycles. The Morgan fingerprint density at radius 3 is 2.68 bits per heavy atom. The molecule has 2 rings (SSSR count). The van der Waals surface area contributed by atoms with E-state index in [4.69, 9.17) is 10.8 Å². The summed E-state index contributed by atoms with van der Waals surface area (Å²) in [5, 5.41) is 12.3. The number of hydrogen-bond acceptors (Lipinski definition) is 4. The van der Waals surface area contributed by atoms with Gasteiger partial charge in [0.1, 0.15) is 0 Å². The van der Waals surface area contributed by atoms with Gasteiger partial charge in [-0.05, 0) is 43.7 Å². The standard InChI is InChI=1S/C14H16N2O2S/c1-8-5-11(19-9(8)2)7-16-13-6-10(15)3-4-12(13)14(17)18/h3-6,16H,7,15H2,1-2H3,(H,17,18). The van der Waals surface area contributed by atoms with Crippen LogP contribution in [0.1, 0.15) is 25.7 Å². The number of hydrogen-bond donors (Lipinski definition) is 3. The van der Waals surface area contributed by atoms with Crippen LogP contribution in [-0.4, -0.2) is 11.1 Å². The van der Waals surface area contributed by atoms with Crippen molar-refractivity contribution >= 4 is 28.7 Å². The lowest BCUT2D eigenvalue weighted by Crippen LogP contribution is -2.06. The zero-order valence-electron chi connectivity index (χ0n) is 10.9. The van der Waals surface area contributed by atoms with Gasteiger partial charge in [-0.25, -0.2) is 4.79 Å². The predicted molar refractivity (Wildman–Crippen MR) is 78.9 cm³/mol. The van der Waals surface area contributed by atoms with Crippen LogP contribution in [0.25, 0.3) is 0 Å². The number of aryl methyl sites for hydroxylation is 2. The first-order chi connectivity index (χ1) is 8.97. The quantitative estimate of drug-likeness (QED) is 0.749. The molecule has 1 heterocycles. The highest BCUT2D eigenvalue weighted by molar-refractivity contribution is 7.12. The second-order valence-corrected chi connectivity index (χ2v) is 5.76. The van der Waals surface area contributed by atoms with Crippen LogP contribution < -0.4 is 11.1 Å². The van der Waals surface area contributed by atoms with Crippen LogP contribution in [0.4, 0.5) is 11.4 Å². The van der Waals surface area contributed by atoms with Gasteiger partial charge < -0.3 is 16.2 Å². The number of carboxylic acid groups (broad SMARTS) is 1. The molecular formula is C14H16N2O2S. The van der Waals surface area contributed by atoms with Crippen LogP contribution in [0.15, 0.2) is 24.3 Å². The Balaban J connectivity index is 2.19. The summed E-state index contributed by atoms with van der Waals surface area (Å²) in [6.07, 6.45) is 0. The highest BCUT2D eigenvalue weighted by atomic mass is 32.1. The number of nitrogens with two attached hydrogens (primary N) is 1. The Morgan fingerprint density at radius 2 is 2.11 bits per heavy atom. The lowest BCUT2D eigenvalue weighted by Gasteiger charge is -2.09. The van der Waals surface area contributed by atoms with Crippen molar-refractivity contribution in [3.05, 3.63) is 45.1 Å². The molecule has 0 unspecified atom stereocenters. The molecule has 0 amide bonds. The van der Waals surface area contributed by atoms with E-state index in [0.29, 0.717) is 17.9 Å². The van der Waals surface area contributed by atoms with Gasteiger partial charge in [-0.15, -0.1) is 11.3 Å². The van der Waals surface area contributed by atoms with E-state index >= 15 is 0 Å². The normalized spacial score (nSPS) is 10.4. The lowest BCUT2D eigenvalue weighted by atomic mass is 10.1. The molecule has 100 valence electrons. The van der Waals surface area contributed by atoms with E-state index < -0.39 is 5.97 Å². The molecule has 2 aromatic rings. The van der Waals surface area contributed by atoms with E-state index in [1.807, 2.05) is 0 Å². The van der Waals surface area contributed by atoms with E-state index in [1.54, 1.807) is 23.5 Å². The fourth-order valence-electron chi connectivity index (χ4n) is 1.81. The van der Waals surface area contributed by atoms with Gasteiger partial charge in [-0.2, -0.15) is 0 Å². The fraction of sp³-hybridized carbons (Fsp3) is 0.214. The van der Waals surface area contributed by atoms with Gasteiger partial charge in [-0.3, -0.25) is 0 Å². The Morgan fingerprint density at radius 1 is 1.37 bits per heavy atom. The summed E-state index contributed by atoms with van der Waals surface area (Å²) in [7, 11) is 0. The third kappa shape index (κ3) is 3.06. The molecule has 0 radical (unpaired) electrons. The zero-order valence-corrected chi connectivity index (χ0v) is 11.7. The van der Waals surface area contributed by atoms with Gasteiger partial charge in [0.15, 0.2) is 0 Å². The summed E-state index contributed by atoms with van der Waals surface area (Å²) in [5.74, 6) is -0.957. The van der Waals surface area contributed by atoms with E-state index in [0.717, 1.165) is 0 Å². The smallest absolute Gasteiger partial charge is 0.337 e. The van der Waals surface area contributed by atoms with Crippen molar-refractivity contribution in [1.82, 2.24) is 0 Å². The average molecular weight is 276 g/mol. The fourth-order valence-corrected chi connectivity index (χ4v) is 2.81. The highest BCUT2D eigenvalue weighted by Gasteiger charge is 2.10. The largest absolute Gasteiger partial charge is 0.478 e. The molecule has 0 saturated heterocycles. The molecule has 0 aliphatic rings. The number of carboxylic acids is 1. The number of nitrogen functional groups attached to an aromatic ring is 1. The minimum Gasteiger partial charge on any atom is -0.478 e. The molecular weight excluding hydrogens is 260 g/mol. The molecule has 1 aromatic heterocycles. The SMILES string of the molecule is Cc1cc(CNc2cc(N)ccc2C(=O)O)sc1C. The number of anilines is 2. The van der Waals surface area contributed by atoms with Crippen LogP contribution >= 0.6 is 11.3 Å². The molecule has 0 bridgehead atoms. The molecule has 1 aromatic carbocycles. The third-order valence-corrected chi connectivity index (χ3v) is 4.10. The number of thiophene rings is 1. The van der Waals surface area contributed by atoms with Gasteiger partial charge in [0.25, 0.3) is 0 Å². The van der Waals surface area contributed by atoms with Crippen molar-refractivity contribution in [3.63, 3.8) is 0 Å². The van der Waals surface area contributed by atoms with E-state index in [2.05, 4.69) is 25.2 Å². The minimum atomic E-state index is -0.957. The molecule has 0 fully saturated rings. The minimum absolute atomic E-state index is 0.235. The molecule has 19 heavy (non-hydrogen) atoms. The maximum atomic E-state index is 11.1. The van der Waals surface area contributed by atoms with Crippen molar-refractivity contribution < 1.29 is 9.90 Å². The maximum absolute atomic E-state index is 11.1. The van der Waals surface area contributed by atoms with Gasteiger partial charge in [-0.1, -0.05) is 0 Å². The summed E-state index contributed by atoms with van der Waals surface area (Å²) in [6.45, 7) is 4.74. The topological polar surface area (TPSA) is 75.3 Å². The second-order valence-electron chi connectivity index (χ2n) is 4.42. The third-order valence-electron chi connectivity index (χ3n) is 2.94. The van der Waals surface area contributed by atoms with Crippen LogP contribution in [-0.2, 0) is 6.54 Å². The van der Waals surface area contributed by atoms with Crippen LogP contribution in [0.5, 0.6) is 0 Å². The van der Waals surface area contributed by atoms with Gasteiger partial charge >= 0.3 is 5.97 Å². The van der Waals surface area contributed by atoms with E-state index in [1.165, 1.54) is 21.4 Å². The Hall–Kier alpha value is -2.01. The van der Waals surface area contributed by atoms with E-state index in [9.17, 15) is 4.79 Å². The molecule has 4 nitrogen and oxygen atoms in total. The Kier molecular flexibility index (Phi) is 3.76. The first kappa shape index (κ1) is 13.4.